The van der Waals surface area contributed by atoms with Crippen LogP contribution in [0.1, 0.15) is 18.5 Å². The van der Waals surface area contributed by atoms with E-state index in [0.717, 1.165) is 0 Å². The maximum atomic E-state index is 13.7. The van der Waals surface area contributed by atoms with Gasteiger partial charge in [0.05, 0.1) is 18.7 Å². The molecule has 0 spiro atoms. The molecule has 1 rings (SSSR count). The first-order valence-corrected chi connectivity index (χ1v) is 5.86. The number of ether oxygens (including phenoxy) is 2. The second-order valence-electron chi connectivity index (χ2n) is 3.72. The third-order valence-electron chi connectivity index (χ3n) is 2.47. The number of nitrogens with two attached hydrogens (primary N) is 1. The molecule has 0 bridgehead atoms. The molecule has 0 heterocycles. The van der Waals surface area contributed by atoms with Crippen molar-refractivity contribution in [3.8, 4) is 5.75 Å². The quantitative estimate of drug-likeness (QED) is 0.848. The van der Waals surface area contributed by atoms with E-state index in [-0.39, 0.29) is 22.9 Å². The van der Waals surface area contributed by atoms with Crippen molar-refractivity contribution in [2.45, 2.75) is 18.9 Å². The van der Waals surface area contributed by atoms with E-state index in [1.807, 2.05) is 0 Å². The molecule has 0 fully saturated rings. The Balaban J connectivity index is 3.05. The second kappa shape index (κ2) is 6.16. The number of halogens is 3. The maximum Gasteiger partial charge on any atom is 0.379 e. The number of methoxy groups -OCH3 is 1. The SMILES string of the molecule is CCOC(=O)C(F)(F)[C@@H](N)c1ccc(Cl)c(OC)c1. The average Bonchev–Trinajstić information content (AvgIpc) is 2.38. The van der Waals surface area contributed by atoms with E-state index in [1.165, 1.54) is 32.2 Å². The van der Waals surface area contributed by atoms with Crippen molar-refractivity contribution in [1.29, 1.82) is 0 Å². The van der Waals surface area contributed by atoms with Gasteiger partial charge in [-0.25, -0.2) is 4.79 Å². The normalized spacial score (nSPS) is 12.9. The zero-order valence-corrected chi connectivity index (χ0v) is 11.2. The smallest absolute Gasteiger partial charge is 0.379 e. The second-order valence-corrected chi connectivity index (χ2v) is 4.12. The summed E-state index contributed by atoms with van der Waals surface area (Å²) in [5.41, 5.74) is 5.46. The van der Waals surface area contributed by atoms with Gasteiger partial charge >= 0.3 is 11.9 Å². The summed E-state index contributed by atoms with van der Waals surface area (Å²) in [6.45, 7) is 1.29. The Labute approximate surface area is 114 Å². The Hall–Kier alpha value is -1.40. The predicted octanol–water partition coefficient (Wildman–Crippen LogP) is 2.55. The van der Waals surface area contributed by atoms with Crippen molar-refractivity contribution in [2.24, 2.45) is 5.73 Å². The molecule has 0 amide bonds. The van der Waals surface area contributed by atoms with E-state index in [9.17, 15) is 13.6 Å². The van der Waals surface area contributed by atoms with Gasteiger partial charge in [-0.15, -0.1) is 0 Å². The summed E-state index contributed by atoms with van der Waals surface area (Å²) in [5.74, 6) is -5.28. The minimum atomic E-state index is -3.82. The number of carbonyl (C=O) groups excluding carboxylic acids is 1. The monoisotopic (exact) mass is 293 g/mol. The van der Waals surface area contributed by atoms with Crippen LogP contribution in [0.5, 0.6) is 5.75 Å². The molecule has 19 heavy (non-hydrogen) atoms. The van der Waals surface area contributed by atoms with Crippen LogP contribution in [0.2, 0.25) is 5.02 Å². The molecule has 1 aromatic carbocycles. The summed E-state index contributed by atoms with van der Waals surface area (Å²) in [4.78, 5) is 11.2. The lowest BCUT2D eigenvalue weighted by atomic mass is 10.0. The van der Waals surface area contributed by atoms with Gasteiger partial charge in [0.2, 0.25) is 0 Å². The van der Waals surface area contributed by atoms with E-state index in [2.05, 4.69) is 4.74 Å². The first-order valence-electron chi connectivity index (χ1n) is 5.48. The van der Waals surface area contributed by atoms with Gasteiger partial charge in [0.15, 0.2) is 0 Å². The highest BCUT2D eigenvalue weighted by Crippen LogP contribution is 2.34. The molecule has 0 radical (unpaired) electrons. The first-order chi connectivity index (χ1) is 8.84. The van der Waals surface area contributed by atoms with Crippen molar-refractivity contribution in [1.82, 2.24) is 0 Å². The minimum absolute atomic E-state index is 0.0271. The zero-order chi connectivity index (χ0) is 14.6. The fourth-order valence-electron chi connectivity index (χ4n) is 1.43. The van der Waals surface area contributed by atoms with Crippen LogP contribution >= 0.6 is 11.6 Å². The van der Waals surface area contributed by atoms with Gasteiger partial charge < -0.3 is 15.2 Å². The largest absolute Gasteiger partial charge is 0.495 e. The van der Waals surface area contributed by atoms with Gasteiger partial charge in [-0.2, -0.15) is 8.78 Å². The Morgan fingerprint density at radius 1 is 1.53 bits per heavy atom. The number of alkyl halides is 2. The Morgan fingerprint density at radius 3 is 2.68 bits per heavy atom. The van der Waals surface area contributed by atoms with Gasteiger partial charge in [0.1, 0.15) is 11.8 Å². The van der Waals surface area contributed by atoms with Gasteiger partial charge in [-0.1, -0.05) is 17.7 Å². The molecule has 1 aromatic rings. The van der Waals surface area contributed by atoms with E-state index in [4.69, 9.17) is 22.1 Å². The first kappa shape index (κ1) is 15.7. The Bertz CT molecular complexity index is 468. The van der Waals surface area contributed by atoms with Crippen LogP contribution in [-0.2, 0) is 9.53 Å². The fourth-order valence-corrected chi connectivity index (χ4v) is 1.63. The summed E-state index contributed by atoms with van der Waals surface area (Å²) >= 11 is 5.78. The van der Waals surface area contributed by atoms with E-state index >= 15 is 0 Å². The highest BCUT2D eigenvalue weighted by molar-refractivity contribution is 6.32. The molecule has 0 unspecified atom stereocenters. The Morgan fingerprint density at radius 2 is 2.16 bits per heavy atom. The summed E-state index contributed by atoms with van der Waals surface area (Å²) < 4.78 is 36.7. The highest BCUT2D eigenvalue weighted by Gasteiger charge is 2.47. The predicted molar refractivity (Wildman–Crippen MR) is 66.5 cm³/mol. The van der Waals surface area contributed by atoms with E-state index in [1.54, 1.807) is 0 Å². The molecule has 0 aliphatic carbocycles. The van der Waals surface area contributed by atoms with Crippen LogP contribution in [-0.4, -0.2) is 25.6 Å². The summed E-state index contributed by atoms with van der Waals surface area (Å²) in [5, 5.41) is 0.262. The summed E-state index contributed by atoms with van der Waals surface area (Å²) in [6, 6.07) is 2.11. The van der Waals surface area contributed by atoms with Crippen molar-refractivity contribution < 1.29 is 23.0 Å². The third-order valence-corrected chi connectivity index (χ3v) is 2.78. The number of benzene rings is 1. The molecule has 4 nitrogen and oxygen atoms in total. The molecule has 0 aliphatic rings. The van der Waals surface area contributed by atoms with Crippen LogP contribution < -0.4 is 10.5 Å². The molecular weight excluding hydrogens is 280 g/mol. The maximum absolute atomic E-state index is 13.7. The molecule has 106 valence electrons. The zero-order valence-electron chi connectivity index (χ0n) is 10.5. The molecule has 1 atom stereocenters. The lowest BCUT2D eigenvalue weighted by Gasteiger charge is -2.22. The van der Waals surface area contributed by atoms with E-state index in [0.29, 0.717) is 0 Å². The van der Waals surface area contributed by atoms with Crippen molar-refractivity contribution >= 4 is 17.6 Å². The average molecular weight is 294 g/mol. The highest BCUT2D eigenvalue weighted by atomic mass is 35.5. The lowest BCUT2D eigenvalue weighted by Crippen LogP contribution is -2.41. The fraction of sp³-hybridized carbons (Fsp3) is 0.417. The molecular formula is C12H14ClF2NO3. The van der Waals surface area contributed by atoms with Crippen molar-refractivity contribution in [2.75, 3.05) is 13.7 Å². The van der Waals surface area contributed by atoms with Crippen LogP contribution in [0, 0.1) is 0 Å². The van der Waals surface area contributed by atoms with Gasteiger partial charge in [-0.05, 0) is 24.6 Å². The van der Waals surface area contributed by atoms with Crippen LogP contribution in [0.15, 0.2) is 18.2 Å². The number of esters is 1. The van der Waals surface area contributed by atoms with Crippen LogP contribution in [0.4, 0.5) is 8.78 Å². The summed E-state index contributed by atoms with van der Waals surface area (Å²) in [7, 11) is 1.35. The topological polar surface area (TPSA) is 61.5 Å². The lowest BCUT2D eigenvalue weighted by molar-refractivity contribution is -0.174. The van der Waals surface area contributed by atoms with Gasteiger partial charge in [0.25, 0.3) is 0 Å². The molecule has 0 saturated carbocycles. The molecule has 7 heteroatoms. The minimum Gasteiger partial charge on any atom is -0.495 e. The number of hydrogen-bond donors (Lipinski definition) is 1. The Kier molecular flexibility index (Phi) is 5.08. The van der Waals surface area contributed by atoms with Gasteiger partial charge in [0, 0.05) is 0 Å². The van der Waals surface area contributed by atoms with Crippen LogP contribution in [0.3, 0.4) is 0 Å². The summed E-state index contributed by atoms with van der Waals surface area (Å²) in [6.07, 6.45) is 0. The van der Waals surface area contributed by atoms with Crippen molar-refractivity contribution in [3.63, 3.8) is 0 Å². The van der Waals surface area contributed by atoms with Crippen molar-refractivity contribution in [3.05, 3.63) is 28.8 Å². The number of rotatable bonds is 5. The van der Waals surface area contributed by atoms with Gasteiger partial charge in [-0.3, -0.25) is 0 Å². The van der Waals surface area contributed by atoms with E-state index < -0.39 is 17.9 Å². The third kappa shape index (κ3) is 3.33. The van der Waals surface area contributed by atoms with Crippen LogP contribution in [0.25, 0.3) is 0 Å². The molecule has 0 saturated heterocycles. The number of carbonyl (C=O) groups is 1. The molecule has 0 aromatic heterocycles. The molecule has 2 N–H and O–H groups in total. The molecule has 0 aliphatic heterocycles. The standard InChI is InChI=1S/C12H14ClF2NO3/c1-3-19-11(17)12(14,15)10(16)7-4-5-8(13)9(6-7)18-2/h4-6,10H,3,16H2,1-2H3/t10-/m0/s1. The number of hydrogen-bond acceptors (Lipinski definition) is 4.